The quantitative estimate of drug-likeness (QED) is 0.712. The van der Waals surface area contributed by atoms with E-state index in [1.165, 1.54) is 6.92 Å². The second-order valence-electron chi connectivity index (χ2n) is 5.13. The van der Waals surface area contributed by atoms with Crippen LogP contribution in [0.1, 0.15) is 30.6 Å². The van der Waals surface area contributed by atoms with Gasteiger partial charge in [0, 0.05) is 12.1 Å². The van der Waals surface area contributed by atoms with Crippen molar-refractivity contribution in [3.63, 3.8) is 0 Å². The van der Waals surface area contributed by atoms with E-state index in [1.807, 2.05) is 6.07 Å². The van der Waals surface area contributed by atoms with Gasteiger partial charge in [-0.3, -0.25) is 9.59 Å². The zero-order valence-electron chi connectivity index (χ0n) is 11.8. The number of aliphatic hydroxyl groups excluding tert-OH is 2. The Morgan fingerprint density at radius 3 is 2.86 bits per heavy atom. The first-order valence-electron chi connectivity index (χ1n) is 6.85. The third kappa shape index (κ3) is 3.87. The van der Waals surface area contributed by atoms with Gasteiger partial charge < -0.3 is 20.3 Å². The van der Waals surface area contributed by atoms with Crippen LogP contribution in [0, 0.1) is 0 Å². The number of rotatable bonds is 6. The smallest absolute Gasteiger partial charge is 0.224 e. The summed E-state index contributed by atoms with van der Waals surface area (Å²) in [7, 11) is 0. The third-order valence-corrected chi connectivity index (χ3v) is 3.36. The molecule has 1 aliphatic heterocycles. The van der Waals surface area contributed by atoms with Gasteiger partial charge in [0.25, 0.3) is 0 Å². The molecule has 0 aromatic heterocycles. The fourth-order valence-corrected chi connectivity index (χ4v) is 2.27. The Hall–Kier alpha value is -1.76. The van der Waals surface area contributed by atoms with Gasteiger partial charge in [0.1, 0.15) is 12.2 Å². The number of Topliss-reactive ketones (excluding diaryl/α,β-unsaturated/α-hetero) is 1. The molecule has 1 aromatic rings. The first-order chi connectivity index (χ1) is 10.0. The Balaban J connectivity index is 2.17. The highest BCUT2D eigenvalue weighted by molar-refractivity contribution is 5.94. The number of anilines is 1. The van der Waals surface area contributed by atoms with Gasteiger partial charge in [0.15, 0.2) is 5.78 Å². The Morgan fingerprint density at radius 2 is 2.19 bits per heavy atom. The van der Waals surface area contributed by atoms with Crippen molar-refractivity contribution in [3.8, 4) is 0 Å². The average molecular weight is 293 g/mol. The van der Waals surface area contributed by atoms with E-state index in [4.69, 9.17) is 9.84 Å². The number of hydrogen-bond donors (Lipinski definition) is 3. The Morgan fingerprint density at radius 1 is 1.43 bits per heavy atom. The molecule has 6 heteroatoms. The maximum atomic E-state index is 11.7. The number of fused-ring (bicyclic) bond motifs is 1. The molecule has 3 N–H and O–H groups in total. The number of amides is 1. The van der Waals surface area contributed by atoms with E-state index in [9.17, 15) is 14.7 Å². The van der Waals surface area contributed by atoms with E-state index in [-0.39, 0.29) is 18.3 Å². The highest BCUT2D eigenvalue weighted by atomic mass is 16.5. The van der Waals surface area contributed by atoms with Crippen molar-refractivity contribution in [3.05, 3.63) is 29.3 Å². The largest absolute Gasteiger partial charge is 0.394 e. The van der Waals surface area contributed by atoms with E-state index in [0.29, 0.717) is 18.4 Å². The van der Waals surface area contributed by atoms with Gasteiger partial charge in [0.05, 0.1) is 13.2 Å². The van der Waals surface area contributed by atoms with Crippen LogP contribution < -0.4 is 5.32 Å². The van der Waals surface area contributed by atoms with Gasteiger partial charge in [-0.05, 0) is 30.5 Å². The van der Waals surface area contributed by atoms with E-state index in [1.54, 1.807) is 12.1 Å². The summed E-state index contributed by atoms with van der Waals surface area (Å²) in [5.41, 5.74) is 2.40. The van der Waals surface area contributed by atoms with Crippen molar-refractivity contribution in [2.75, 3.05) is 18.5 Å². The van der Waals surface area contributed by atoms with Crippen LogP contribution in [0.2, 0.25) is 0 Å². The number of aliphatic hydroxyl groups is 2. The third-order valence-electron chi connectivity index (χ3n) is 3.36. The van der Waals surface area contributed by atoms with Gasteiger partial charge in [-0.2, -0.15) is 0 Å². The number of carbonyl (C=O) groups excluding carboxylic acids is 2. The summed E-state index contributed by atoms with van der Waals surface area (Å²) < 4.78 is 5.41. The van der Waals surface area contributed by atoms with Gasteiger partial charge in [-0.25, -0.2) is 0 Å². The van der Waals surface area contributed by atoms with Crippen molar-refractivity contribution in [1.29, 1.82) is 0 Å². The van der Waals surface area contributed by atoms with Crippen LogP contribution in [0.3, 0.4) is 0 Å². The molecular formula is C15H19NO5. The van der Waals surface area contributed by atoms with Crippen LogP contribution in [-0.4, -0.2) is 41.2 Å². The molecule has 0 radical (unpaired) electrons. The van der Waals surface area contributed by atoms with Crippen molar-refractivity contribution in [2.45, 2.75) is 32.0 Å². The first kappa shape index (κ1) is 15.6. The first-order valence-corrected chi connectivity index (χ1v) is 6.85. The Bertz CT molecular complexity index is 543. The highest BCUT2D eigenvalue weighted by Gasteiger charge is 2.22. The second kappa shape index (κ2) is 6.80. The molecular weight excluding hydrogens is 274 g/mol. The van der Waals surface area contributed by atoms with Gasteiger partial charge in [-0.1, -0.05) is 12.1 Å². The van der Waals surface area contributed by atoms with Gasteiger partial charge in [-0.15, -0.1) is 0 Å². The lowest BCUT2D eigenvalue weighted by Gasteiger charge is -2.21. The van der Waals surface area contributed by atoms with E-state index >= 15 is 0 Å². The van der Waals surface area contributed by atoms with Crippen LogP contribution >= 0.6 is 0 Å². The maximum Gasteiger partial charge on any atom is 0.224 e. The predicted octanol–water partition coefficient (Wildman–Crippen LogP) is 0.571. The molecule has 114 valence electrons. The van der Waals surface area contributed by atoms with Crippen LogP contribution in [0.25, 0.3) is 0 Å². The minimum absolute atomic E-state index is 0.0133. The van der Waals surface area contributed by atoms with Crippen LogP contribution in [0.15, 0.2) is 18.2 Å². The number of aryl methyl sites for hydroxylation is 1. The lowest BCUT2D eigenvalue weighted by atomic mass is 9.97. The highest BCUT2D eigenvalue weighted by Crippen LogP contribution is 2.28. The molecule has 1 amide bonds. The maximum absolute atomic E-state index is 11.7. The molecule has 0 saturated carbocycles. The van der Waals surface area contributed by atoms with Gasteiger partial charge >= 0.3 is 0 Å². The molecule has 2 rings (SSSR count). The normalized spacial score (nSPS) is 16.8. The lowest BCUT2D eigenvalue weighted by molar-refractivity contribution is -0.131. The molecule has 0 aliphatic carbocycles. The molecule has 0 saturated heterocycles. The molecule has 21 heavy (non-hydrogen) atoms. The summed E-state index contributed by atoms with van der Waals surface area (Å²) in [5.74, 6) is -0.194. The van der Waals surface area contributed by atoms with E-state index in [0.717, 1.165) is 11.3 Å². The van der Waals surface area contributed by atoms with E-state index in [2.05, 4.69) is 5.32 Å². The molecule has 0 spiro atoms. The topological polar surface area (TPSA) is 95.9 Å². The molecule has 1 aromatic carbocycles. The van der Waals surface area contributed by atoms with Crippen molar-refractivity contribution in [1.82, 2.24) is 0 Å². The fourth-order valence-electron chi connectivity index (χ4n) is 2.27. The summed E-state index contributed by atoms with van der Waals surface area (Å²) in [6.45, 7) is 0.882. The van der Waals surface area contributed by atoms with Crippen molar-refractivity contribution >= 4 is 17.4 Å². The molecule has 1 heterocycles. The number of carbonyl (C=O) groups is 2. The predicted molar refractivity (Wildman–Crippen MR) is 75.9 cm³/mol. The number of ketones is 1. The minimum Gasteiger partial charge on any atom is -0.394 e. The number of benzene rings is 1. The second-order valence-corrected chi connectivity index (χ2v) is 5.13. The number of nitrogens with one attached hydrogen (secondary N) is 1. The Labute approximate surface area is 122 Å². The SMILES string of the molecule is CC(=O)[C@H](OCC(O)CO)c1ccc2c(c1)CCC(=O)N2. The number of hydrogen-bond acceptors (Lipinski definition) is 5. The van der Waals surface area contributed by atoms with Crippen LogP contribution in [-0.2, 0) is 20.7 Å². The zero-order valence-corrected chi connectivity index (χ0v) is 11.8. The minimum atomic E-state index is -1.01. The molecule has 0 bridgehead atoms. The van der Waals surface area contributed by atoms with Gasteiger partial charge in [0.2, 0.25) is 5.91 Å². The summed E-state index contributed by atoms with van der Waals surface area (Å²) in [4.78, 5) is 23.0. The summed E-state index contributed by atoms with van der Waals surface area (Å²) in [6.07, 6.45) is -0.748. The fraction of sp³-hybridized carbons (Fsp3) is 0.467. The Kier molecular flexibility index (Phi) is 5.06. The molecule has 0 fully saturated rings. The molecule has 1 unspecified atom stereocenters. The molecule has 6 nitrogen and oxygen atoms in total. The summed E-state index contributed by atoms with van der Waals surface area (Å²) in [6, 6.07) is 5.32. The lowest BCUT2D eigenvalue weighted by Crippen LogP contribution is -2.24. The standard InChI is InChI=1S/C15H19NO5/c1-9(18)15(21-8-12(19)7-17)11-2-4-13-10(6-11)3-5-14(20)16-13/h2,4,6,12,15,17,19H,3,5,7-8H2,1H3,(H,16,20)/t12?,15-/m0/s1. The summed E-state index contributed by atoms with van der Waals surface area (Å²) in [5, 5.41) is 20.9. The monoisotopic (exact) mass is 293 g/mol. The van der Waals surface area contributed by atoms with Crippen molar-refractivity contribution in [2.24, 2.45) is 0 Å². The van der Waals surface area contributed by atoms with Crippen LogP contribution in [0.5, 0.6) is 0 Å². The van der Waals surface area contributed by atoms with Crippen molar-refractivity contribution < 1.29 is 24.5 Å². The van der Waals surface area contributed by atoms with E-state index < -0.39 is 18.8 Å². The van der Waals surface area contributed by atoms with Crippen LogP contribution in [0.4, 0.5) is 5.69 Å². The summed E-state index contributed by atoms with van der Waals surface area (Å²) >= 11 is 0. The molecule has 1 aliphatic rings. The zero-order chi connectivity index (χ0) is 15.4. The number of ether oxygens (including phenoxy) is 1. The molecule has 2 atom stereocenters. The average Bonchev–Trinajstić information content (AvgIpc) is 2.46.